The number of rotatable bonds is 6. The van der Waals surface area contributed by atoms with E-state index in [9.17, 15) is 4.79 Å². The third kappa shape index (κ3) is 3.88. The Hall–Kier alpha value is -2.80. The molecule has 2 heterocycles. The molecule has 0 amide bonds. The summed E-state index contributed by atoms with van der Waals surface area (Å²) < 4.78 is 22.1. The zero-order chi connectivity index (χ0) is 18.7. The van der Waals surface area contributed by atoms with E-state index in [1.54, 1.807) is 37.5 Å². The first-order chi connectivity index (χ1) is 12.5. The number of methoxy groups -OCH3 is 1. The van der Waals surface area contributed by atoms with E-state index in [4.69, 9.17) is 18.6 Å². The smallest absolute Gasteiger partial charge is 0.363 e. The van der Waals surface area contributed by atoms with Crippen LogP contribution < -0.4 is 9.47 Å². The molecule has 6 nitrogen and oxygen atoms in total. The highest BCUT2D eigenvalue weighted by Crippen LogP contribution is 2.37. The molecule has 0 bridgehead atoms. The van der Waals surface area contributed by atoms with Crippen LogP contribution in [0.5, 0.6) is 11.5 Å². The molecule has 0 saturated carbocycles. The van der Waals surface area contributed by atoms with Crippen LogP contribution in [-0.4, -0.2) is 25.6 Å². The molecule has 0 saturated heterocycles. The lowest BCUT2D eigenvalue weighted by atomic mass is 10.1. The summed E-state index contributed by atoms with van der Waals surface area (Å²) in [4.78, 5) is 16.2. The molecule has 0 atom stereocenters. The number of nitrogens with zero attached hydrogens (tertiary/aromatic N) is 1. The molecule has 0 fully saturated rings. The van der Waals surface area contributed by atoms with Gasteiger partial charge in [0.15, 0.2) is 23.0 Å². The number of hydrogen-bond acceptors (Lipinski definition) is 6. The lowest BCUT2D eigenvalue weighted by Gasteiger charge is -2.13. The van der Waals surface area contributed by atoms with Crippen molar-refractivity contribution in [2.75, 3.05) is 13.7 Å². The molecular formula is C19H16BrNO5. The monoisotopic (exact) mass is 417 g/mol. The Morgan fingerprint density at radius 2 is 2.23 bits per heavy atom. The van der Waals surface area contributed by atoms with Gasteiger partial charge in [0.25, 0.3) is 5.90 Å². The van der Waals surface area contributed by atoms with Crippen molar-refractivity contribution in [3.05, 3.63) is 64.2 Å². The van der Waals surface area contributed by atoms with Gasteiger partial charge in [0.1, 0.15) is 6.61 Å². The van der Waals surface area contributed by atoms with Gasteiger partial charge in [-0.25, -0.2) is 9.79 Å². The molecule has 3 rings (SSSR count). The number of cyclic esters (lactones) is 1. The van der Waals surface area contributed by atoms with Gasteiger partial charge in [0.05, 0.1) is 17.8 Å². The van der Waals surface area contributed by atoms with Crippen LogP contribution in [0.25, 0.3) is 6.08 Å². The Balaban J connectivity index is 1.92. The zero-order valence-electron chi connectivity index (χ0n) is 14.2. The zero-order valence-corrected chi connectivity index (χ0v) is 15.8. The van der Waals surface area contributed by atoms with Crippen molar-refractivity contribution in [1.29, 1.82) is 0 Å². The summed E-state index contributed by atoms with van der Waals surface area (Å²) in [6.07, 6.45) is 3.09. The number of halogens is 1. The largest absolute Gasteiger partial charge is 0.493 e. The number of esters is 1. The molecule has 0 N–H and O–H groups in total. The summed E-state index contributed by atoms with van der Waals surface area (Å²) in [6.45, 7) is 6.06. The first kappa shape index (κ1) is 18.0. The third-order valence-electron chi connectivity index (χ3n) is 3.37. The second kappa shape index (κ2) is 7.61. The predicted octanol–water partition coefficient (Wildman–Crippen LogP) is 4.35. The van der Waals surface area contributed by atoms with Crippen molar-refractivity contribution in [3.8, 4) is 11.5 Å². The molecule has 1 aliphatic heterocycles. The van der Waals surface area contributed by atoms with Crippen molar-refractivity contribution in [2.24, 2.45) is 4.99 Å². The SMILES string of the molecule is C=C(C)COc1c(Br)cc(/C=C2\N=C(c3ccco3)OC2=O)cc1OC. The molecule has 26 heavy (non-hydrogen) atoms. The summed E-state index contributed by atoms with van der Waals surface area (Å²) in [6, 6.07) is 6.91. The van der Waals surface area contributed by atoms with Crippen LogP contribution in [0.3, 0.4) is 0 Å². The van der Waals surface area contributed by atoms with E-state index in [0.717, 1.165) is 5.57 Å². The fourth-order valence-electron chi connectivity index (χ4n) is 2.23. The van der Waals surface area contributed by atoms with E-state index in [2.05, 4.69) is 27.5 Å². The van der Waals surface area contributed by atoms with Crippen LogP contribution in [0.2, 0.25) is 0 Å². The number of carbonyl (C=O) groups excluding carboxylic acids is 1. The van der Waals surface area contributed by atoms with E-state index >= 15 is 0 Å². The van der Waals surface area contributed by atoms with E-state index in [-0.39, 0.29) is 11.6 Å². The molecular weight excluding hydrogens is 402 g/mol. The van der Waals surface area contributed by atoms with E-state index in [0.29, 0.717) is 33.9 Å². The lowest BCUT2D eigenvalue weighted by Crippen LogP contribution is -2.04. The maximum absolute atomic E-state index is 12.0. The molecule has 1 aromatic carbocycles. The van der Waals surface area contributed by atoms with Crippen molar-refractivity contribution in [1.82, 2.24) is 0 Å². The van der Waals surface area contributed by atoms with Gasteiger partial charge in [-0.2, -0.15) is 0 Å². The number of aliphatic imine (C=N–C) groups is 1. The van der Waals surface area contributed by atoms with Crippen LogP contribution in [0, 0.1) is 0 Å². The fraction of sp³-hybridized carbons (Fsp3) is 0.158. The first-order valence-electron chi connectivity index (χ1n) is 7.69. The maximum atomic E-state index is 12.0. The maximum Gasteiger partial charge on any atom is 0.363 e. The second-order valence-electron chi connectivity index (χ2n) is 5.59. The fourth-order valence-corrected chi connectivity index (χ4v) is 2.81. The second-order valence-corrected chi connectivity index (χ2v) is 6.45. The van der Waals surface area contributed by atoms with Crippen LogP contribution >= 0.6 is 15.9 Å². The van der Waals surface area contributed by atoms with Crippen LogP contribution in [0.4, 0.5) is 0 Å². The van der Waals surface area contributed by atoms with Crippen molar-refractivity contribution in [2.45, 2.75) is 6.92 Å². The van der Waals surface area contributed by atoms with Gasteiger partial charge in [-0.15, -0.1) is 0 Å². The summed E-state index contributed by atoms with van der Waals surface area (Å²) in [5.74, 6) is 1.07. The van der Waals surface area contributed by atoms with Gasteiger partial charge in [0, 0.05) is 0 Å². The average Bonchev–Trinajstić information content (AvgIpc) is 3.23. The highest BCUT2D eigenvalue weighted by atomic mass is 79.9. The molecule has 0 radical (unpaired) electrons. The Labute approximate surface area is 158 Å². The molecule has 0 unspecified atom stereocenters. The molecule has 134 valence electrons. The predicted molar refractivity (Wildman–Crippen MR) is 100 cm³/mol. The molecule has 0 aliphatic carbocycles. The van der Waals surface area contributed by atoms with Gasteiger partial charge < -0.3 is 18.6 Å². The number of furan rings is 1. The van der Waals surface area contributed by atoms with Crippen LogP contribution in [0.1, 0.15) is 18.2 Å². The molecule has 1 aromatic heterocycles. The first-order valence-corrected chi connectivity index (χ1v) is 8.48. The standard InChI is InChI=1S/C19H16BrNO5/c1-11(2)10-25-17-13(20)7-12(9-16(17)23-3)8-14-19(22)26-18(21-14)15-5-4-6-24-15/h4-9H,1,10H2,2-3H3/b14-8-. The number of carbonyl (C=O) groups is 1. The third-order valence-corrected chi connectivity index (χ3v) is 3.96. The summed E-state index contributed by atoms with van der Waals surface area (Å²) in [5, 5.41) is 0. The van der Waals surface area contributed by atoms with Gasteiger partial charge in [-0.1, -0.05) is 6.58 Å². The molecule has 1 aliphatic rings. The molecule has 2 aromatic rings. The van der Waals surface area contributed by atoms with Gasteiger partial charge >= 0.3 is 5.97 Å². The number of ether oxygens (including phenoxy) is 3. The lowest BCUT2D eigenvalue weighted by molar-refractivity contribution is -0.130. The Morgan fingerprint density at radius 1 is 1.42 bits per heavy atom. The van der Waals surface area contributed by atoms with Crippen LogP contribution in [0.15, 0.2) is 62.3 Å². The minimum absolute atomic E-state index is 0.138. The molecule has 7 heteroatoms. The Bertz CT molecular complexity index is 912. The van der Waals surface area contributed by atoms with Crippen LogP contribution in [-0.2, 0) is 9.53 Å². The number of benzene rings is 1. The average molecular weight is 418 g/mol. The number of hydrogen-bond donors (Lipinski definition) is 0. The van der Waals surface area contributed by atoms with Gasteiger partial charge in [-0.05, 0) is 64.3 Å². The van der Waals surface area contributed by atoms with Gasteiger partial charge in [0.2, 0.25) is 0 Å². The van der Waals surface area contributed by atoms with Crippen molar-refractivity contribution in [3.63, 3.8) is 0 Å². The van der Waals surface area contributed by atoms with E-state index in [1.807, 2.05) is 6.92 Å². The highest BCUT2D eigenvalue weighted by molar-refractivity contribution is 9.10. The minimum Gasteiger partial charge on any atom is -0.493 e. The topological polar surface area (TPSA) is 70.3 Å². The Kier molecular flexibility index (Phi) is 5.27. The van der Waals surface area contributed by atoms with Crippen molar-refractivity contribution >= 4 is 33.9 Å². The highest BCUT2D eigenvalue weighted by Gasteiger charge is 2.26. The van der Waals surface area contributed by atoms with Crippen molar-refractivity contribution < 1.29 is 23.4 Å². The normalized spacial score (nSPS) is 15.0. The molecule has 0 spiro atoms. The van der Waals surface area contributed by atoms with E-state index in [1.165, 1.54) is 6.26 Å². The summed E-state index contributed by atoms with van der Waals surface area (Å²) in [7, 11) is 1.54. The van der Waals surface area contributed by atoms with E-state index < -0.39 is 5.97 Å². The Morgan fingerprint density at radius 3 is 2.88 bits per heavy atom. The minimum atomic E-state index is -0.547. The summed E-state index contributed by atoms with van der Waals surface area (Å²) in [5.41, 5.74) is 1.76. The van der Waals surface area contributed by atoms with Gasteiger partial charge in [-0.3, -0.25) is 0 Å². The quantitative estimate of drug-likeness (QED) is 0.396. The summed E-state index contributed by atoms with van der Waals surface area (Å²) >= 11 is 3.47.